The molecular weight excluding hydrogens is 378 g/mol. The van der Waals surface area contributed by atoms with Gasteiger partial charge in [0.25, 0.3) is 5.91 Å². The molecule has 154 valence electrons. The zero-order valence-corrected chi connectivity index (χ0v) is 17.3. The number of hydrogen-bond donors (Lipinski definition) is 1. The maximum absolute atomic E-state index is 13.0. The number of amides is 1. The maximum Gasteiger partial charge on any atom is 0.337 e. The number of carbonyl (C=O) groups excluding carboxylic acids is 2. The average Bonchev–Trinajstić information content (AvgIpc) is 2.79. The first-order valence-corrected chi connectivity index (χ1v) is 10.2. The van der Waals surface area contributed by atoms with Crippen LogP contribution in [0.1, 0.15) is 45.7 Å². The van der Waals surface area contributed by atoms with Crippen molar-refractivity contribution >= 4 is 34.2 Å². The summed E-state index contributed by atoms with van der Waals surface area (Å²) in [6, 6.07) is 14.6. The number of aromatic nitrogens is 1. The Morgan fingerprint density at radius 2 is 1.73 bits per heavy atom. The van der Waals surface area contributed by atoms with Crippen molar-refractivity contribution in [1.29, 1.82) is 0 Å². The first-order chi connectivity index (χ1) is 14.5. The standard InChI is InChI=1S/C24H25N3O3/c1-16-6-11-20-19(14-16)22(27-12-4-3-5-13-27)15-21(26-20)23(28)25-18-9-7-17(8-10-18)24(29)30-2/h6-11,14-15H,3-5,12-13H2,1-2H3,(H,25,28). The minimum atomic E-state index is -0.412. The number of nitrogens with one attached hydrogen (secondary N) is 1. The lowest BCUT2D eigenvalue weighted by molar-refractivity contribution is 0.0600. The van der Waals surface area contributed by atoms with E-state index in [9.17, 15) is 9.59 Å². The molecule has 2 heterocycles. The van der Waals surface area contributed by atoms with Gasteiger partial charge < -0.3 is 15.0 Å². The molecule has 1 fully saturated rings. The number of pyridine rings is 1. The molecule has 1 saturated heterocycles. The van der Waals surface area contributed by atoms with Gasteiger partial charge in [-0.05, 0) is 68.7 Å². The van der Waals surface area contributed by atoms with Crippen molar-refractivity contribution in [2.45, 2.75) is 26.2 Å². The second-order valence-electron chi connectivity index (χ2n) is 7.62. The van der Waals surface area contributed by atoms with Crippen LogP contribution < -0.4 is 10.2 Å². The van der Waals surface area contributed by atoms with Crippen molar-refractivity contribution in [1.82, 2.24) is 4.98 Å². The molecule has 0 unspecified atom stereocenters. The molecule has 0 radical (unpaired) electrons. The molecule has 0 spiro atoms. The van der Waals surface area contributed by atoms with Gasteiger partial charge in [0.2, 0.25) is 0 Å². The van der Waals surface area contributed by atoms with Gasteiger partial charge in [-0.3, -0.25) is 4.79 Å². The van der Waals surface area contributed by atoms with Gasteiger partial charge in [0.1, 0.15) is 5.69 Å². The number of methoxy groups -OCH3 is 1. The van der Waals surface area contributed by atoms with Gasteiger partial charge in [-0.1, -0.05) is 11.6 Å². The molecule has 2 aromatic carbocycles. The van der Waals surface area contributed by atoms with Crippen LogP contribution in [0, 0.1) is 6.92 Å². The molecule has 1 aromatic heterocycles. The van der Waals surface area contributed by atoms with Crippen LogP contribution in [0.15, 0.2) is 48.5 Å². The third kappa shape index (κ3) is 4.13. The average molecular weight is 403 g/mol. The number of anilines is 2. The molecule has 1 amide bonds. The van der Waals surface area contributed by atoms with E-state index in [-0.39, 0.29) is 5.91 Å². The fraction of sp³-hybridized carbons (Fsp3) is 0.292. The van der Waals surface area contributed by atoms with Crippen molar-refractivity contribution in [3.63, 3.8) is 0 Å². The zero-order valence-electron chi connectivity index (χ0n) is 17.3. The highest BCUT2D eigenvalue weighted by molar-refractivity contribution is 6.06. The Bertz CT molecular complexity index is 1090. The second-order valence-corrected chi connectivity index (χ2v) is 7.62. The summed E-state index contributed by atoms with van der Waals surface area (Å²) in [5.41, 5.74) is 4.46. The van der Waals surface area contributed by atoms with Gasteiger partial charge in [0.05, 0.1) is 18.2 Å². The number of carbonyl (C=O) groups is 2. The van der Waals surface area contributed by atoms with Crippen molar-refractivity contribution in [3.05, 3.63) is 65.4 Å². The van der Waals surface area contributed by atoms with Gasteiger partial charge in [0.15, 0.2) is 0 Å². The lowest BCUT2D eigenvalue weighted by Gasteiger charge is -2.30. The molecule has 0 bridgehead atoms. The molecular formula is C24H25N3O3. The third-order valence-corrected chi connectivity index (χ3v) is 5.44. The number of benzene rings is 2. The Morgan fingerprint density at radius 3 is 2.43 bits per heavy atom. The zero-order chi connectivity index (χ0) is 21.1. The highest BCUT2D eigenvalue weighted by atomic mass is 16.5. The van der Waals surface area contributed by atoms with Crippen LogP contribution in [0.3, 0.4) is 0 Å². The number of aryl methyl sites for hydroxylation is 1. The number of hydrogen-bond acceptors (Lipinski definition) is 5. The van der Waals surface area contributed by atoms with Crippen LogP contribution >= 0.6 is 0 Å². The van der Waals surface area contributed by atoms with Crippen molar-refractivity contribution in [2.24, 2.45) is 0 Å². The summed E-state index contributed by atoms with van der Waals surface area (Å²) in [7, 11) is 1.34. The number of esters is 1. The van der Waals surface area contributed by atoms with Crippen LogP contribution in [0.4, 0.5) is 11.4 Å². The highest BCUT2D eigenvalue weighted by Gasteiger charge is 2.18. The van der Waals surface area contributed by atoms with E-state index in [4.69, 9.17) is 4.74 Å². The largest absolute Gasteiger partial charge is 0.465 e. The molecule has 1 N–H and O–H groups in total. The van der Waals surface area contributed by atoms with Crippen molar-refractivity contribution in [2.75, 3.05) is 30.4 Å². The van der Waals surface area contributed by atoms with Crippen LogP contribution in [0.5, 0.6) is 0 Å². The molecule has 4 rings (SSSR count). The Labute approximate surface area is 175 Å². The summed E-state index contributed by atoms with van der Waals surface area (Å²) in [6.45, 7) is 4.05. The lowest BCUT2D eigenvalue weighted by Crippen LogP contribution is -2.30. The van der Waals surface area contributed by atoms with Gasteiger partial charge in [0, 0.05) is 29.9 Å². The predicted octanol–water partition coefficient (Wildman–Crippen LogP) is 4.57. The van der Waals surface area contributed by atoms with E-state index in [0.29, 0.717) is 16.9 Å². The Kier molecular flexibility index (Phi) is 5.65. The van der Waals surface area contributed by atoms with Gasteiger partial charge in [-0.25, -0.2) is 9.78 Å². The quantitative estimate of drug-likeness (QED) is 0.646. The van der Waals surface area contributed by atoms with Crippen LogP contribution in [-0.2, 0) is 4.74 Å². The molecule has 6 nitrogen and oxygen atoms in total. The number of nitrogens with zero attached hydrogens (tertiary/aromatic N) is 2. The first kappa shape index (κ1) is 19.9. The molecule has 0 saturated carbocycles. The minimum absolute atomic E-state index is 0.276. The van der Waals surface area contributed by atoms with E-state index in [0.717, 1.165) is 42.5 Å². The lowest BCUT2D eigenvalue weighted by atomic mass is 10.1. The molecule has 30 heavy (non-hydrogen) atoms. The monoisotopic (exact) mass is 403 g/mol. The van der Waals surface area contributed by atoms with E-state index >= 15 is 0 Å². The summed E-state index contributed by atoms with van der Waals surface area (Å²) < 4.78 is 4.71. The molecule has 0 aliphatic carbocycles. The topological polar surface area (TPSA) is 71.5 Å². The molecule has 1 aliphatic heterocycles. The number of piperidine rings is 1. The first-order valence-electron chi connectivity index (χ1n) is 10.2. The van der Waals surface area contributed by atoms with E-state index in [1.165, 1.54) is 19.1 Å². The van der Waals surface area contributed by atoms with Crippen molar-refractivity contribution < 1.29 is 14.3 Å². The second kappa shape index (κ2) is 8.53. The Morgan fingerprint density at radius 1 is 1.00 bits per heavy atom. The SMILES string of the molecule is COC(=O)c1ccc(NC(=O)c2cc(N3CCCCC3)c3cc(C)ccc3n2)cc1. The van der Waals surface area contributed by atoms with Crippen LogP contribution in [0.2, 0.25) is 0 Å². The Balaban J connectivity index is 1.65. The minimum Gasteiger partial charge on any atom is -0.465 e. The van der Waals surface area contributed by atoms with Crippen LogP contribution in [-0.4, -0.2) is 37.1 Å². The summed E-state index contributed by atoms with van der Waals surface area (Å²) >= 11 is 0. The van der Waals surface area contributed by atoms with Gasteiger partial charge in [-0.2, -0.15) is 0 Å². The number of ether oxygens (including phenoxy) is 1. The van der Waals surface area contributed by atoms with Crippen molar-refractivity contribution in [3.8, 4) is 0 Å². The van der Waals surface area contributed by atoms with E-state index in [1.54, 1.807) is 24.3 Å². The third-order valence-electron chi connectivity index (χ3n) is 5.44. The summed E-state index contributed by atoms with van der Waals surface area (Å²) in [5.74, 6) is -0.688. The summed E-state index contributed by atoms with van der Waals surface area (Å²) in [4.78, 5) is 31.5. The normalized spacial score (nSPS) is 13.9. The fourth-order valence-electron chi connectivity index (χ4n) is 3.84. The summed E-state index contributed by atoms with van der Waals surface area (Å²) in [6.07, 6.45) is 3.56. The molecule has 1 aliphatic rings. The molecule has 0 atom stereocenters. The summed E-state index contributed by atoms with van der Waals surface area (Å²) in [5, 5.41) is 3.96. The van der Waals surface area contributed by atoms with E-state index in [1.807, 2.05) is 18.2 Å². The fourth-order valence-corrected chi connectivity index (χ4v) is 3.84. The molecule has 6 heteroatoms. The number of rotatable bonds is 4. The van der Waals surface area contributed by atoms with E-state index in [2.05, 4.69) is 28.2 Å². The smallest absolute Gasteiger partial charge is 0.337 e. The molecule has 3 aromatic rings. The van der Waals surface area contributed by atoms with Gasteiger partial charge in [-0.15, -0.1) is 0 Å². The Hall–Kier alpha value is -3.41. The maximum atomic E-state index is 13.0. The predicted molar refractivity (Wildman–Crippen MR) is 118 cm³/mol. The van der Waals surface area contributed by atoms with E-state index < -0.39 is 5.97 Å². The van der Waals surface area contributed by atoms with Crippen LogP contribution in [0.25, 0.3) is 10.9 Å². The highest BCUT2D eigenvalue weighted by Crippen LogP contribution is 2.30. The van der Waals surface area contributed by atoms with Gasteiger partial charge >= 0.3 is 5.97 Å². The number of fused-ring (bicyclic) bond motifs is 1.